The van der Waals surface area contributed by atoms with E-state index in [1.165, 1.54) is 16.7 Å². The average molecular weight is 253 g/mol. The first-order valence-corrected chi connectivity index (χ1v) is 6.60. The molecule has 19 heavy (non-hydrogen) atoms. The average Bonchev–Trinajstić information content (AvgIpc) is 2.92. The molecule has 0 spiro atoms. The van der Waals surface area contributed by atoms with E-state index in [0.717, 1.165) is 24.5 Å². The van der Waals surface area contributed by atoms with Gasteiger partial charge < -0.3 is 14.8 Å². The number of rotatable bonds is 1. The molecule has 1 atom stereocenters. The van der Waals surface area contributed by atoms with Crippen LogP contribution in [0.25, 0.3) is 0 Å². The molecule has 0 aliphatic carbocycles. The van der Waals surface area contributed by atoms with Crippen LogP contribution in [-0.4, -0.2) is 6.79 Å². The Morgan fingerprint density at radius 1 is 0.947 bits per heavy atom. The number of nitrogens with one attached hydrogen (secondary N) is 1. The molecule has 0 fully saturated rings. The van der Waals surface area contributed by atoms with Crippen molar-refractivity contribution in [3.8, 4) is 11.5 Å². The SMILES string of the molecule is c1ccc(C2Cc3cc4c(cc3CN2)OCO4)cc1. The molecule has 0 saturated carbocycles. The number of ether oxygens (including phenoxy) is 2. The van der Waals surface area contributed by atoms with Crippen LogP contribution < -0.4 is 14.8 Å². The fourth-order valence-electron chi connectivity index (χ4n) is 2.83. The first-order chi connectivity index (χ1) is 9.40. The zero-order valence-corrected chi connectivity index (χ0v) is 10.6. The second-order valence-electron chi connectivity index (χ2n) is 5.02. The largest absolute Gasteiger partial charge is 0.454 e. The fraction of sp³-hybridized carbons (Fsp3) is 0.250. The molecule has 96 valence electrons. The Morgan fingerprint density at radius 2 is 1.68 bits per heavy atom. The first kappa shape index (κ1) is 10.9. The summed E-state index contributed by atoms with van der Waals surface area (Å²) in [6.45, 7) is 1.22. The molecular formula is C16H15NO2. The molecule has 0 radical (unpaired) electrons. The first-order valence-electron chi connectivity index (χ1n) is 6.60. The quantitative estimate of drug-likeness (QED) is 0.847. The molecule has 3 nitrogen and oxygen atoms in total. The van der Waals surface area contributed by atoms with Gasteiger partial charge in [-0.05, 0) is 35.2 Å². The van der Waals surface area contributed by atoms with Gasteiger partial charge in [-0.1, -0.05) is 30.3 Å². The van der Waals surface area contributed by atoms with Crippen molar-refractivity contribution in [1.29, 1.82) is 0 Å². The Bertz CT molecular complexity index is 610. The van der Waals surface area contributed by atoms with E-state index in [1.807, 2.05) is 0 Å². The van der Waals surface area contributed by atoms with Gasteiger partial charge in [-0.15, -0.1) is 0 Å². The van der Waals surface area contributed by atoms with Crippen LogP contribution in [-0.2, 0) is 13.0 Å². The molecular weight excluding hydrogens is 238 g/mol. The fourth-order valence-corrected chi connectivity index (χ4v) is 2.83. The van der Waals surface area contributed by atoms with Crippen molar-refractivity contribution in [2.75, 3.05) is 6.79 Å². The summed E-state index contributed by atoms with van der Waals surface area (Å²) in [5.41, 5.74) is 4.01. The molecule has 3 heteroatoms. The summed E-state index contributed by atoms with van der Waals surface area (Å²) in [6.07, 6.45) is 0.996. The van der Waals surface area contributed by atoms with E-state index in [0.29, 0.717) is 12.8 Å². The maximum absolute atomic E-state index is 5.46. The second-order valence-corrected chi connectivity index (χ2v) is 5.02. The minimum Gasteiger partial charge on any atom is -0.454 e. The number of benzene rings is 2. The standard InChI is InChI=1S/C16H15NO2/c1-2-4-11(5-3-1)14-6-12-7-15-16(19-10-18-15)8-13(12)9-17-14/h1-5,7-8,14,17H,6,9-10H2. The van der Waals surface area contributed by atoms with Crippen molar-refractivity contribution in [2.24, 2.45) is 0 Å². The number of hydrogen-bond donors (Lipinski definition) is 1. The Balaban J connectivity index is 1.67. The predicted octanol–water partition coefficient (Wildman–Crippen LogP) is 2.80. The summed E-state index contributed by atoms with van der Waals surface area (Å²) < 4.78 is 10.9. The molecule has 2 heterocycles. The molecule has 4 rings (SSSR count). The number of fused-ring (bicyclic) bond motifs is 2. The monoisotopic (exact) mass is 253 g/mol. The maximum Gasteiger partial charge on any atom is 0.231 e. The predicted molar refractivity (Wildman–Crippen MR) is 72.3 cm³/mol. The molecule has 0 amide bonds. The smallest absolute Gasteiger partial charge is 0.231 e. The highest BCUT2D eigenvalue weighted by molar-refractivity contribution is 5.50. The van der Waals surface area contributed by atoms with E-state index >= 15 is 0 Å². The van der Waals surface area contributed by atoms with Gasteiger partial charge in [0, 0.05) is 12.6 Å². The maximum atomic E-state index is 5.46. The zero-order valence-electron chi connectivity index (χ0n) is 10.6. The van der Waals surface area contributed by atoms with Crippen LogP contribution >= 0.6 is 0 Å². The van der Waals surface area contributed by atoms with Gasteiger partial charge in [0.2, 0.25) is 6.79 Å². The van der Waals surface area contributed by atoms with E-state index < -0.39 is 0 Å². The summed E-state index contributed by atoms with van der Waals surface area (Å²) in [5, 5.41) is 3.59. The van der Waals surface area contributed by atoms with Gasteiger partial charge >= 0.3 is 0 Å². The van der Waals surface area contributed by atoms with Gasteiger partial charge in [-0.3, -0.25) is 0 Å². The summed E-state index contributed by atoms with van der Waals surface area (Å²) in [4.78, 5) is 0. The molecule has 0 saturated heterocycles. The van der Waals surface area contributed by atoms with Gasteiger partial charge in [-0.25, -0.2) is 0 Å². The normalized spacial score (nSPS) is 20.1. The zero-order chi connectivity index (χ0) is 12.7. The third-order valence-electron chi connectivity index (χ3n) is 3.86. The summed E-state index contributed by atoms with van der Waals surface area (Å²) in [6, 6.07) is 15.2. The van der Waals surface area contributed by atoms with Crippen molar-refractivity contribution in [3.63, 3.8) is 0 Å². The lowest BCUT2D eigenvalue weighted by Crippen LogP contribution is -2.28. The van der Waals surface area contributed by atoms with E-state index in [-0.39, 0.29) is 0 Å². The van der Waals surface area contributed by atoms with Gasteiger partial charge in [0.15, 0.2) is 11.5 Å². The molecule has 2 aliphatic rings. The van der Waals surface area contributed by atoms with Gasteiger partial charge in [0.05, 0.1) is 0 Å². The van der Waals surface area contributed by atoms with E-state index in [9.17, 15) is 0 Å². The van der Waals surface area contributed by atoms with Crippen LogP contribution in [0, 0.1) is 0 Å². The van der Waals surface area contributed by atoms with Crippen LogP contribution in [0.3, 0.4) is 0 Å². The summed E-state index contributed by atoms with van der Waals surface area (Å²) in [5.74, 6) is 1.76. The van der Waals surface area contributed by atoms with E-state index in [1.54, 1.807) is 0 Å². The molecule has 1 N–H and O–H groups in total. The van der Waals surface area contributed by atoms with Crippen LogP contribution in [0.1, 0.15) is 22.7 Å². The Kier molecular flexibility index (Phi) is 2.45. The van der Waals surface area contributed by atoms with Crippen molar-refractivity contribution < 1.29 is 9.47 Å². The highest BCUT2D eigenvalue weighted by Gasteiger charge is 2.23. The van der Waals surface area contributed by atoms with E-state index in [4.69, 9.17) is 9.47 Å². The van der Waals surface area contributed by atoms with Gasteiger partial charge in [-0.2, -0.15) is 0 Å². The number of hydrogen-bond acceptors (Lipinski definition) is 3. The van der Waals surface area contributed by atoms with Crippen LogP contribution in [0.5, 0.6) is 11.5 Å². The minimum atomic E-state index is 0.341. The highest BCUT2D eigenvalue weighted by Crippen LogP contribution is 2.37. The molecule has 0 aromatic heterocycles. The lowest BCUT2D eigenvalue weighted by atomic mass is 9.91. The van der Waals surface area contributed by atoms with Crippen molar-refractivity contribution >= 4 is 0 Å². The third kappa shape index (κ3) is 1.87. The van der Waals surface area contributed by atoms with E-state index in [2.05, 4.69) is 47.8 Å². The topological polar surface area (TPSA) is 30.5 Å². The van der Waals surface area contributed by atoms with Crippen molar-refractivity contribution in [1.82, 2.24) is 5.32 Å². The van der Waals surface area contributed by atoms with Crippen molar-refractivity contribution in [3.05, 3.63) is 59.2 Å². The highest BCUT2D eigenvalue weighted by atomic mass is 16.7. The molecule has 1 unspecified atom stereocenters. The second kappa shape index (κ2) is 4.28. The lowest BCUT2D eigenvalue weighted by Gasteiger charge is -2.26. The Labute approximate surface area is 112 Å². The Hall–Kier alpha value is -2.00. The van der Waals surface area contributed by atoms with Crippen LogP contribution in [0.15, 0.2) is 42.5 Å². The minimum absolute atomic E-state index is 0.341. The molecule has 0 bridgehead atoms. The van der Waals surface area contributed by atoms with Crippen molar-refractivity contribution in [2.45, 2.75) is 19.0 Å². The van der Waals surface area contributed by atoms with Crippen LogP contribution in [0.2, 0.25) is 0 Å². The summed E-state index contributed by atoms with van der Waals surface area (Å²) in [7, 11) is 0. The molecule has 2 aromatic rings. The Morgan fingerprint density at radius 3 is 2.47 bits per heavy atom. The lowest BCUT2D eigenvalue weighted by molar-refractivity contribution is 0.174. The van der Waals surface area contributed by atoms with Gasteiger partial charge in [0.1, 0.15) is 0 Å². The van der Waals surface area contributed by atoms with Gasteiger partial charge in [0.25, 0.3) is 0 Å². The third-order valence-corrected chi connectivity index (χ3v) is 3.86. The molecule has 2 aromatic carbocycles. The molecule has 2 aliphatic heterocycles. The van der Waals surface area contributed by atoms with Crippen LogP contribution in [0.4, 0.5) is 0 Å². The summed E-state index contributed by atoms with van der Waals surface area (Å²) >= 11 is 0.